The molecule has 1 aromatic rings. The lowest BCUT2D eigenvalue weighted by atomic mass is 10.1. The number of aromatic nitrogens is 1. The van der Waals surface area contributed by atoms with Crippen LogP contribution in [0.4, 0.5) is 13.2 Å². The van der Waals surface area contributed by atoms with Crippen LogP contribution in [-0.2, 0) is 0 Å². The predicted molar refractivity (Wildman–Crippen MR) is 67.1 cm³/mol. The zero-order chi connectivity index (χ0) is 14.5. The number of pyridine rings is 1. The van der Waals surface area contributed by atoms with Gasteiger partial charge in [-0.05, 0) is 32.0 Å². The summed E-state index contributed by atoms with van der Waals surface area (Å²) in [6, 6.07) is 0.805. The number of ether oxygens (including phenoxy) is 1. The molecule has 1 aromatic heterocycles. The highest BCUT2D eigenvalue weighted by atomic mass is 19.4. The van der Waals surface area contributed by atoms with E-state index in [1.807, 2.05) is 13.8 Å². The van der Waals surface area contributed by atoms with E-state index in [2.05, 4.69) is 10.3 Å². The molecule has 1 heterocycles. The lowest BCUT2D eigenvalue weighted by Crippen LogP contribution is -2.26. The normalized spacial score (nSPS) is 13.6. The van der Waals surface area contributed by atoms with Gasteiger partial charge in [0.25, 0.3) is 0 Å². The standard InChI is InChI=1S/C13H19F3N2O/c1-4-18-12(6-13(14,15)16)10-5-11(8-17-7-10)19-9(2)3/h5,7-9,12,18H,4,6H2,1-3H3. The van der Waals surface area contributed by atoms with Gasteiger partial charge in [0.1, 0.15) is 5.75 Å². The van der Waals surface area contributed by atoms with Crippen molar-refractivity contribution in [1.29, 1.82) is 0 Å². The zero-order valence-corrected chi connectivity index (χ0v) is 11.3. The third kappa shape index (κ3) is 5.92. The molecule has 1 N–H and O–H groups in total. The summed E-state index contributed by atoms with van der Waals surface area (Å²) in [5.41, 5.74) is 0.484. The topological polar surface area (TPSA) is 34.2 Å². The van der Waals surface area contributed by atoms with Crippen molar-refractivity contribution in [1.82, 2.24) is 10.3 Å². The van der Waals surface area contributed by atoms with Gasteiger partial charge in [-0.3, -0.25) is 4.98 Å². The van der Waals surface area contributed by atoms with E-state index in [-0.39, 0.29) is 6.10 Å². The smallest absolute Gasteiger partial charge is 0.390 e. The maximum Gasteiger partial charge on any atom is 0.390 e. The van der Waals surface area contributed by atoms with Gasteiger partial charge >= 0.3 is 6.18 Å². The molecule has 0 aliphatic rings. The summed E-state index contributed by atoms with van der Waals surface area (Å²) < 4.78 is 43.0. The van der Waals surface area contributed by atoms with Gasteiger partial charge in [0, 0.05) is 12.2 Å². The minimum atomic E-state index is -4.22. The fourth-order valence-corrected chi connectivity index (χ4v) is 1.75. The first kappa shape index (κ1) is 15.8. The Hall–Kier alpha value is -1.30. The largest absolute Gasteiger partial charge is 0.489 e. The summed E-state index contributed by atoms with van der Waals surface area (Å²) in [5, 5.41) is 2.82. The molecule has 19 heavy (non-hydrogen) atoms. The van der Waals surface area contributed by atoms with Gasteiger partial charge in [-0.1, -0.05) is 6.92 Å². The first-order valence-electron chi connectivity index (χ1n) is 6.23. The molecule has 0 bridgehead atoms. The number of alkyl halides is 3. The van der Waals surface area contributed by atoms with Crippen LogP contribution in [0.3, 0.4) is 0 Å². The highest BCUT2D eigenvalue weighted by Gasteiger charge is 2.32. The molecule has 0 fully saturated rings. The van der Waals surface area contributed by atoms with Gasteiger partial charge in [-0.15, -0.1) is 0 Å². The maximum atomic E-state index is 12.5. The van der Waals surface area contributed by atoms with E-state index < -0.39 is 18.6 Å². The van der Waals surface area contributed by atoms with Crippen molar-refractivity contribution >= 4 is 0 Å². The second kappa shape index (κ2) is 6.75. The van der Waals surface area contributed by atoms with Crippen molar-refractivity contribution in [2.24, 2.45) is 0 Å². The highest BCUT2D eigenvalue weighted by Crippen LogP contribution is 2.30. The van der Waals surface area contributed by atoms with E-state index in [0.717, 1.165) is 0 Å². The number of nitrogens with one attached hydrogen (secondary N) is 1. The van der Waals surface area contributed by atoms with Gasteiger partial charge in [0.2, 0.25) is 0 Å². The van der Waals surface area contributed by atoms with Gasteiger partial charge in [0.05, 0.1) is 18.7 Å². The molecule has 108 valence electrons. The zero-order valence-electron chi connectivity index (χ0n) is 11.3. The Bertz CT molecular complexity index is 394. The van der Waals surface area contributed by atoms with E-state index in [1.54, 1.807) is 13.0 Å². The molecule has 0 saturated heterocycles. The van der Waals surface area contributed by atoms with Crippen molar-refractivity contribution in [3.05, 3.63) is 24.0 Å². The van der Waals surface area contributed by atoms with E-state index in [4.69, 9.17) is 4.74 Å². The van der Waals surface area contributed by atoms with Crippen LogP contribution in [0.15, 0.2) is 18.5 Å². The molecule has 0 radical (unpaired) electrons. The van der Waals surface area contributed by atoms with Gasteiger partial charge in [0.15, 0.2) is 0 Å². The number of rotatable bonds is 6. The van der Waals surface area contributed by atoms with E-state index in [0.29, 0.717) is 17.9 Å². The lowest BCUT2D eigenvalue weighted by molar-refractivity contribution is -0.140. The molecule has 0 aromatic carbocycles. The van der Waals surface area contributed by atoms with Crippen molar-refractivity contribution in [2.75, 3.05) is 6.54 Å². The van der Waals surface area contributed by atoms with Crippen LogP contribution >= 0.6 is 0 Å². The van der Waals surface area contributed by atoms with Crippen LogP contribution in [0, 0.1) is 0 Å². The third-order valence-electron chi connectivity index (χ3n) is 2.39. The van der Waals surface area contributed by atoms with Crippen molar-refractivity contribution in [3.63, 3.8) is 0 Å². The maximum absolute atomic E-state index is 12.5. The summed E-state index contributed by atoms with van der Waals surface area (Å²) in [6.45, 7) is 5.93. The second-order valence-electron chi connectivity index (χ2n) is 4.55. The Labute approximate surface area is 111 Å². The molecule has 0 spiro atoms. The second-order valence-corrected chi connectivity index (χ2v) is 4.55. The summed E-state index contributed by atoms with van der Waals surface area (Å²) in [4.78, 5) is 3.94. The van der Waals surface area contributed by atoms with Crippen molar-refractivity contribution in [2.45, 2.75) is 45.5 Å². The molecule has 0 aliphatic heterocycles. The molecule has 1 atom stereocenters. The molecule has 0 saturated carbocycles. The summed E-state index contributed by atoms with van der Waals surface area (Å²) in [6.07, 6.45) is -2.25. The molecule has 0 amide bonds. The van der Waals surface area contributed by atoms with Crippen molar-refractivity contribution in [3.8, 4) is 5.75 Å². The van der Waals surface area contributed by atoms with Crippen LogP contribution in [-0.4, -0.2) is 23.8 Å². The Balaban J connectivity index is 2.89. The molecule has 3 nitrogen and oxygen atoms in total. The van der Waals surface area contributed by atoms with E-state index >= 15 is 0 Å². The lowest BCUT2D eigenvalue weighted by Gasteiger charge is -2.20. The quantitative estimate of drug-likeness (QED) is 0.863. The molecular formula is C13H19F3N2O. The molecule has 0 aliphatic carbocycles. The Morgan fingerprint density at radius 2 is 2.00 bits per heavy atom. The predicted octanol–water partition coefficient (Wildman–Crippen LogP) is 3.47. The highest BCUT2D eigenvalue weighted by molar-refractivity contribution is 5.26. The molecule has 1 rings (SSSR count). The van der Waals surface area contributed by atoms with Crippen LogP contribution in [0.1, 0.15) is 38.8 Å². The molecule has 1 unspecified atom stereocenters. The summed E-state index contributed by atoms with van der Waals surface area (Å²) in [7, 11) is 0. The van der Waals surface area contributed by atoms with Crippen molar-refractivity contribution < 1.29 is 17.9 Å². The fourth-order valence-electron chi connectivity index (χ4n) is 1.75. The number of hydrogen-bond donors (Lipinski definition) is 1. The van der Waals surface area contributed by atoms with Gasteiger partial charge < -0.3 is 10.1 Å². The van der Waals surface area contributed by atoms with Crippen LogP contribution < -0.4 is 10.1 Å². The average Bonchev–Trinajstić information content (AvgIpc) is 2.26. The number of hydrogen-bond acceptors (Lipinski definition) is 3. The van der Waals surface area contributed by atoms with Crippen LogP contribution in [0.25, 0.3) is 0 Å². The summed E-state index contributed by atoms with van der Waals surface area (Å²) in [5.74, 6) is 0.484. The third-order valence-corrected chi connectivity index (χ3v) is 2.39. The first-order valence-corrected chi connectivity index (χ1v) is 6.23. The Morgan fingerprint density at radius 1 is 1.32 bits per heavy atom. The van der Waals surface area contributed by atoms with Crippen LogP contribution in [0.2, 0.25) is 0 Å². The minimum Gasteiger partial charge on any atom is -0.489 e. The van der Waals surface area contributed by atoms with E-state index in [9.17, 15) is 13.2 Å². The number of halogens is 3. The SMILES string of the molecule is CCNC(CC(F)(F)F)c1cncc(OC(C)C)c1. The summed E-state index contributed by atoms with van der Waals surface area (Å²) >= 11 is 0. The fraction of sp³-hybridized carbons (Fsp3) is 0.615. The molecule has 6 heteroatoms. The first-order chi connectivity index (χ1) is 8.81. The molecular weight excluding hydrogens is 257 g/mol. The average molecular weight is 276 g/mol. The minimum absolute atomic E-state index is 0.0442. The number of nitrogens with zero attached hydrogens (tertiary/aromatic N) is 1. The van der Waals surface area contributed by atoms with Crippen LogP contribution in [0.5, 0.6) is 5.75 Å². The monoisotopic (exact) mass is 276 g/mol. The van der Waals surface area contributed by atoms with Gasteiger partial charge in [-0.25, -0.2) is 0 Å². The Morgan fingerprint density at radius 3 is 2.53 bits per heavy atom. The van der Waals surface area contributed by atoms with E-state index in [1.165, 1.54) is 12.4 Å². The van der Waals surface area contributed by atoms with Gasteiger partial charge in [-0.2, -0.15) is 13.2 Å². The Kier molecular flexibility index (Phi) is 5.60.